The Kier molecular flexibility index (Phi) is 4.20. The van der Waals surface area contributed by atoms with Crippen molar-refractivity contribution < 1.29 is 0 Å². The molecule has 0 aliphatic heterocycles. The zero-order valence-corrected chi connectivity index (χ0v) is 13.1. The van der Waals surface area contributed by atoms with E-state index in [-0.39, 0.29) is 0 Å². The number of benzene rings is 3. The molecule has 0 fully saturated rings. The van der Waals surface area contributed by atoms with Crippen LogP contribution in [0.5, 0.6) is 0 Å². The molecular formula is C22H20. The van der Waals surface area contributed by atoms with Gasteiger partial charge in [0.25, 0.3) is 0 Å². The molecule has 0 saturated heterocycles. The molecule has 22 heavy (non-hydrogen) atoms. The molecule has 3 aromatic rings. The highest BCUT2D eigenvalue weighted by Crippen LogP contribution is 2.38. The van der Waals surface area contributed by atoms with Gasteiger partial charge in [0.2, 0.25) is 0 Å². The zero-order chi connectivity index (χ0) is 15.4. The van der Waals surface area contributed by atoms with Crippen molar-refractivity contribution in [2.45, 2.75) is 13.8 Å². The standard InChI is InChI=1S/C22H20/c1-3-10-18-16-15-17(2)21(19-11-6-4-7-12-19)22(18)20-13-8-5-9-14-20/h3-16H,1-2H3/b10-3+. The van der Waals surface area contributed by atoms with Gasteiger partial charge in [-0.25, -0.2) is 0 Å². The summed E-state index contributed by atoms with van der Waals surface area (Å²) < 4.78 is 0. The summed E-state index contributed by atoms with van der Waals surface area (Å²) in [5.74, 6) is 0. The molecule has 0 heteroatoms. The van der Waals surface area contributed by atoms with Gasteiger partial charge < -0.3 is 0 Å². The molecule has 0 aliphatic rings. The van der Waals surface area contributed by atoms with Gasteiger partial charge >= 0.3 is 0 Å². The number of rotatable bonds is 3. The van der Waals surface area contributed by atoms with Crippen LogP contribution in [-0.4, -0.2) is 0 Å². The van der Waals surface area contributed by atoms with Crippen LogP contribution in [-0.2, 0) is 0 Å². The summed E-state index contributed by atoms with van der Waals surface area (Å²) in [4.78, 5) is 0. The van der Waals surface area contributed by atoms with Crippen LogP contribution in [0.25, 0.3) is 28.3 Å². The molecule has 0 heterocycles. The average molecular weight is 284 g/mol. The third kappa shape index (κ3) is 2.73. The van der Waals surface area contributed by atoms with Crippen molar-refractivity contribution >= 4 is 6.08 Å². The van der Waals surface area contributed by atoms with E-state index < -0.39 is 0 Å². The summed E-state index contributed by atoms with van der Waals surface area (Å²) >= 11 is 0. The molecule has 3 rings (SSSR count). The first-order valence-corrected chi connectivity index (χ1v) is 7.68. The van der Waals surface area contributed by atoms with Crippen LogP contribution in [0.2, 0.25) is 0 Å². The first-order chi connectivity index (χ1) is 10.8. The van der Waals surface area contributed by atoms with Crippen LogP contribution >= 0.6 is 0 Å². The third-order valence-corrected chi connectivity index (χ3v) is 3.92. The van der Waals surface area contributed by atoms with Crippen LogP contribution in [0.15, 0.2) is 78.9 Å². The second-order valence-electron chi connectivity index (χ2n) is 5.45. The van der Waals surface area contributed by atoms with E-state index in [9.17, 15) is 0 Å². The van der Waals surface area contributed by atoms with E-state index in [0.29, 0.717) is 0 Å². The number of allylic oxidation sites excluding steroid dienone is 1. The topological polar surface area (TPSA) is 0 Å². The van der Waals surface area contributed by atoms with Gasteiger partial charge in [0.1, 0.15) is 0 Å². The first-order valence-electron chi connectivity index (χ1n) is 7.68. The van der Waals surface area contributed by atoms with Crippen LogP contribution in [0, 0.1) is 6.92 Å². The first kappa shape index (κ1) is 14.3. The summed E-state index contributed by atoms with van der Waals surface area (Å²) in [6.45, 7) is 4.25. The van der Waals surface area contributed by atoms with E-state index in [1.807, 2.05) is 0 Å². The summed E-state index contributed by atoms with van der Waals surface area (Å²) in [6.07, 6.45) is 4.29. The van der Waals surface area contributed by atoms with Gasteiger partial charge in [-0.3, -0.25) is 0 Å². The lowest BCUT2D eigenvalue weighted by molar-refractivity contribution is 1.44. The molecule has 0 aliphatic carbocycles. The van der Waals surface area contributed by atoms with Crippen molar-refractivity contribution in [1.29, 1.82) is 0 Å². The minimum absolute atomic E-state index is 1.26. The van der Waals surface area contributed by atoms with E-state index in [4.69, 9.17) is 0 Å². The molecule has 0 nitrogen and oxygen atoms in total. The van der Waals surface area contributed by atoms with Crippen LogP contribution < -0.4 is 0 Å². The molecule has 0 N–H and O–H groups in total. The lowest BCUT2D eigenvalue weighted by Gasteiger charge is -2.17. The molecule has 0 radical (unpaired) electrons. The van der Waals surface area contributed by atoms with Crippen LogP contribution in [0.4, 0.5) is 0 Å². The Morgan fingerprint density at radius 1 is 0.636 bits per heavy atom. The Balaban J connectivity index is 2.35. The molecule has 108 valence electrons. The Hall–Kier alpha value is -2.60. The Morgan fingerprint density at radius 2 is 1.18 bits per heavy atom. The molecule has 0 amide bonds. The van der Waals surface area contributed by atoms with E-state index >= 15 is 0 Å². The number of hydrogen-bond donors (Lipinski definition) is 0. The van der Waals surface area contributed by atoms with E-state index in [0.717, 1.165) is 0 Å². The van der Waals surface area contributed by atoms with Gasteiger partial charge in [0, 0.05) is 0 Å². The van der Waals surface area contributed by atoms with Gasteiger partial charge in [-0.05, 0) is 47.2 Å². The van der Waals surface area contributed by atoms with Crippen molar-refractivity contribution in [2.75, 3.05) is 0 Å². The van der Waals surface area contributed by atoms with Gasteiger partial charge in [0.15, 0.2) is 0 Å². The molecule has 0 aromatic heterocycles. The maximum atomic E-state index is 2.21. The smallest absolute Gasteiger partial charge is 0.00303 e. The number of hydrogen-bond acceptors (Lipinski definition) is 0. The SMILES string of the molecule is C/C=C/c1ccc(C)c(-c2ccccc2)c1-c1ccccc1. The zero-order valence-electron chi connectivity index (χ0n) is 13.1. The van der Waals surface area contributed by atoms with Gasteiger partial charge in [-0.1, -0.05) is 84.9 Å². The van der Waals surface area contributed by atoms with E-state index in [2.05, 4.69) is 98.8 Å². The molecule has 0 unspecified atom stereocenters. The van der Waals surface area contributed by atoms with Gasteiger partial charge in [-0.15, -0.1) is 0 Å². The van der Waals surface area contributed by atoms with Crippen molar-refractivity contribution in [3.8, 4) is 22.3 Å². The molecule has 0 spiro atoms. The molecular weight excluding hydrogens is 264 g/mol. The highest BCUT2D eigenvalue weighted by Gasteiger charge is 2.13. The Labute approximate surface area is 132 Å². The molecule has 0 atom stereocenters. The summed E-state index contributed by atoms with van der Waals surface area (Å²) in [7, 11) is 0. The number of aryl methyl sites for hydroxylation is 1. The predicted octanol–water partition coefficient (Wildman–Crippen LogP) is 6.36. The molecule has 0 saturated carbocycles. The predicted molar refractivity (Wildman–Crippen MR) is 96.8 cm³/mol. The van der Waals surface area contributed by atoms with E-state index in [1.54, 1.807) is 0 Å². The van der Waals surface area contributed by atoms with Crippen LogP contribution in [0.3, 0.4) is 0 Å². The van der Waals surface area contributed by atoms with Gasteiger partial charge in [-0.2, -0.15) is 0 Å². The van der Waals surface area contributed by atoms with Crippen molar-refractivity contribution in [3.63, 3.8) is 0 Å². The Morgan fingerprint density at radius 3 is 1.73 bits per heavy atom. The maximum Gasteiger partial charge on any atom is -0.00303 e. The second kappa shape index (κ2) is 6.44. The van der Waals surface area contributed by atoms with Crippen molar-refractivity contribution in [3.05, 3.63) is 90.0 Å². The molecule has 0 bridgehead atoms. The van der Waals surface area contributed by atoms with Crippen molar-refractivity contribution in [1.82, 2.24) is 0 Å². The maximum absolute atomic E-state index is 2.21. The van der Waals surface area contributed by atoms with Crippen LogP contribution in [0.1, 0.15) is 18.1 Å². The third-order valence-electron chi connectivity index (χ3n) is 3.92. The quantitative estimate of drug-likeness (QED) is 0.524. The average Bonchev–Trinajstić information content (AvgIpc) is 2.58. The summed E-state index contributed by atoms with van der Waals surface area (Å²) in [5, 5.41) is 0. The minimum Gasteiger partial charge on any atom is -0.0870 e. The second-order valence-corrected chi connectivity index (χ2v) is 5.45. The monoisotopic (exact) mass is 284 g/mol. The normalized spacial score (nSPS) is 11.0. The highest BCUT2D eigenvalue weighted by molar-refractivity contribution is 5.91. The van der Waals surface area contributed by atoms with Gasteiger partial charge in [0.05, 0.1) is 0 Å². The Bertz CT molecular complexity index is 781. The summed E-state index contributed by atoms with van der Waals surface area (Å²) in [5.41, 5.74) is 7.73. The molecule has 3 aromatic carbocycles. The lowest BCUT2D eigenvalue weighted by atomic mass is 9.87. The minimum atomic E-state index is 1.26. The highest BCUT2D eigenvalue weighted by atomic mass is 14.2. The van der Waals surface area contributed by atoms with E-state index in [1.165, 1.54) is 33.4 Å². The van der Waals surface area contributed by atoms with Crippen molar-refractivity contribution in [2.24, 2.45) is 0 Å². The summed E-state index contributed by atoms with van der Waals surface area (Å²) in [6, 6.07) is 25.7. The largest absolute Gasteiger partial charge is 0.0870 e. The lowest BCUT2D eigenvalue weighted by Crippen LogP contribution is -1.92. The fourth-order valence-electron chi connectivity index (χ4n) is 2.93. The fourth-order valence-corrected chi connectivity index (χ4v) is 2.93. The fraction of sp³-hybridized carbons (Fsp3) is 0.0909.